The van der Waals surface area contributed by atoms with Crippen molar-refractivity contribution in [2.45, 2.75) is 25.8 Å². The zero-order valence-electron chi connectivity index (χ0n) is 11.2. The smallest absolute Gasteiger partial charge is 0.337 e. The Bertz CT molecular complexity index is 503. The van der Waals surface area contributed by atoms with Crippen LogP contribution in [0.25, 0.3) is 0 Å². The second kappa shape index (κ2) is 4.81. The first-order valence-corrected chi connectivity index (χ1v) is 6.85. The van der Waals surface area contributed by atoms with Gasteiger partial charge < -0.3 is 10.0 Å². The minimum Gasteiger partial charge on any atom is -0.478 e. The quantitative estimate of drug-likeness (QED) is 0.871. The van der Waals surface area contributed by atoms with E-state index in [9.17, 15) is 4.79 Å². The van der Waals surface area contributed by atoms with Crippen LogP contribution in [-0.2, 0) is 0 Å². The van der Waals surface area contributed by atoms with E-state index in [-0.39, 0.29) is 0 Å². The van der Waals surface area contributed by atoms with Crippen molar-refractivity contribution in [3.8, 4) is 0 Å². The van der Waals surface area contributed by atoms with Gasteiger partial charge >= 0.3 is 5.97 Å². The molecule has 1 atom stereocenters. The number of anilines is 1. The normalized spacial score (nSPS) is 23.4. The minimum absolute atomic E-state index is 0.295. The Labute approximate surface area is 112 Å². The van der Waals surface area contributed by atoms with E-state index in [4.69, 9.17) is 5.11 Å². The first-order valence-electron chi connectivity index (χ1n) is 6.85. The van der Waals surface area contributed by atoms with Crippen LogP contribution in [0.5, 0.6) is 0 Å². The molecular formula is C14H19N3O2. The highest BCUT2D eigenvalue weighted by atomic mass is 16.4. The molecule has 102 valence electrons. The number of carboxylic acids is 1. The number of hydrogen-bond donors (Lipinski definition) is 1. The zero-order chi connectivity index (χ0) is 13.4. The molecule has 1 aromatic heterocycles. The topological polar surface area (TPSA) is 56.7 Å². The summed E-state index contributed by atoms with van der Waals surface area (Å²) in [5.41, 5.74) is 0.891. The standard InChI is InChI=1S/C14H19N3O2/c1-10-12(14(18)19)4-5-13(15-10)17-8-7-16-6-2-3-11(16)9-17/h4-5,11H,2-3,6-9H2,1H3,(H,18,19). The molecule has 0 saturated carbocycles. The number of nitrogens with zero attached hydrogens (tertiary/aromatic N) is 3. The Morgan fingerprint density at radius 3 is 2.95 bits per heavy atom. The van der Waals surface area contributed by atoms with Crippen molar-refractivity contribution in [3.63, 3.8) is 0 Å². The molecule has 2 saturated heterocycles. The lowest BCUT2D eigenvalue weighted by atomic mass is 10.1. The lowest BCUT2D eigenvalue weighted by molar-refractivity contribution is 0.0695. The van der Waals surface area contributed by atoms with Crippen LogP contribution in [0, 0.1) is 6.92 Å². The molecule has 3 rings (SSSR count). The van der Waals surface area contributed by atoms with Crippen molar-refractivity contribution in [2.75, 3.05) is 31.1 Å². The number of fused-ring (bicyclic) bond motifs is 1. The van der Waals surface area contributed by atoms with Gasteiger partial charge in [-0.3, -0.25) is 4.90 Å². The monoisotopic (exact) mass is 261 g/mol. The number of piperazine rings is 1. The Kier molecular flexibility index (Phi) is 3.14. The average Bonchev–Trinajstić information content (AvgIpc) is 2.85. The van der Waals surface area contributed by atoms with E-state index in [1.807, 2.05) is 6.07 Å². The summed E-state index contributed by atoms with van der Waals surface area (Å²) in [4.78, 5) is 20.3. The number of aromatic carboxylic acids is 1. The van der Waals surface area contributed by atoms with Gasteiger partial charge in [0.2, 0.25) is 0 Å². The summed E-state index contributed by atoms with van der Waals surface area (Å²) in [6, 6.07) is 4.15. The number of rotatable bonds is 2. The third-order valence-corrected chi connectivity index (χ3v) is 4.21. The van der Waals surface area contributed by atoms with E-state index in [1.54, 1.807) is 13.0 Å². The molecule has 2 aliphatic rings. The summed E-state index contributed by atoms with van der Waals surface area (Å²) >= 11 is 0. The first-order chi connectivity index (χ1) is 9.15. The molecule has 5 nitrogen and oxygen atoms in total. The van der Waals surface area contributed by atoms with Crippen molar-refractivity contribution in [3.05, 3.63) is 23.4 Å². The predicted molar refractivity (Wildman–Crippen MR) is 72.7 cm³/mol. The summed E-state index contributed by atoms with van der Waals surface area (Å²) in [6.07, 6.45) is 2.56. The Morgan fingerprint density at radius 2 is 2.21 bits per heavy atom. The van der Waals surface area contributed by atoms with Crippen molar-refractivity contribution < 1.29 is 9.90 Å². The molecule has 3 heterocycles. The third-order valence-electron chi connectivity index (χ3n) is 4.21. The molecule has 5 heteroatoms. The van der Waals surface area contributed by atoms with Gasteiger partial charge in [0.1, 0.15) is 5.82 Å². The lowest BCUT2D eigenvalue weighted by Gasteiger charge is -2.38. The van der Waals surface area contributed by atoms with Crippen LogP contribution in [0.15, 0.2) is 12.1 Å². The van der Waals surface area contributed by atoms with E-state index in [2.05, 4.69) is 14.8 Å². The van der Waals surface area contributed by atoms with Crippen LogP contribution < -0.4 is 4.90 Å². The molecule has 0 bridgehead atoms. The van der Waals surface area contributed by atoms with Gasteiger partial charge in [-0.1, -0.05) is 0 Å². The van der Waals surface area contributed by atoms with E-state index in [0.717, 1.165) is 25.5 Å². The number of hydrogen-bond acceptors (Lipinski definition) is 4. The van der Waals surface area contributed by atoms with Crippen LogP contribution in [0.3, 0.4) is 0 Å². The first kappa shape index (κ1) is 12.4. The Balaban J connectivity index is 1.79. The number of aromatic nitrogens is 1. The SMILES string of the molecule is Cc1nc(N2CCN3CCCC3C2)ccc1C(=O)O. The summed E-state index contributed by atoms with van der Waals surface area (Å²) in [6.45, 7) is 6.07. The molecule has 1 unspecified atom stereocenters. The van der Waals surface area contributed by atoms with Crippen LogP contribution in [0.2, 0.25) is 0 Å². The summed E-state index contributed by atoms with van der Waals surface area (Å²) in [7, 11) is 0. The number of pyridine rings is 1. The highest BCUT2D eigenvalue weighted by Crippen LogP contribution is 2.25. The Morgan fingerprint density at radius 1 is 1.37 bits per heavy atom. The molecule has 2 fully saturated rings. The highest BCUT2D eigenvalue weighted by Gasteiger charge is 2.31. The van der Waals surface area contributed by atoms with Gasteiger partial charge in [-0.2, -0.15) is 0 Å². The van der Waals surface area contributed by atoms with Gasteiger partial charge in [-0.15, -0.1) is 0 Å². The minimum atomic E-state index is -0.905. The van der Waals surface area contributed by atoms with Gasteiger partial charge in [0.05, 0.1) is 11.3 Å². The fourth-order valence-electron chi connectivity index (χ4n) is 3.15. The largest absolute Gasteiger partial charge is 0.478 e. The van der Waals surface area contributed by atoms with Gasteiger partial charge in [0, 0.05) is 25.7 Å². The zero-order valence-corrected chi connectivity index (χ0v) is 11.2. The van der Waals surface area contributed by atoms with Crippen molar-refractivity contribution in [2.24, 2.45) is 0 Å². The predicted octanol–water partition coefficient (Wildman–Crippen LogP) is 1.37. The molecule has 0 spiro atoms. The van der Waals surface area contributed by atoms with Gasteiger partial charge in [0.15, 0.2) is 0 Å². The van der Waals surface area contributed by atoms with E-state index < -0.39 is 5.97 Å². The molecule has 0 aromatic carbocycles. The van der Waals surface area contributed by atoms with Crippen molar-refractivity contribution in [1.29, 1.82) is 0 Å². The third kappa shape index (κ3) is 2.30. The number of carbonyl (C=O) groups is 1. The van der Waals surface area contributed by atoms with Crippen LogP contribution >= 0.6 is 0 Å². The van der Waals surface area contributed by atoms with Crippen LogP contribution in [0.1, 0.15) is 28.9 Å². The van der Waals surface area contributed by atoms with E-state index in [1.165, 1.54) is 19.4 Å². The molecule has 2 aliphatic heterocycles. The van der Waals surface area contributed by atoms with Gasteiger partial charge in [0.25, 0.3) is 0 Å². The maximum absolute atomic E-state index is 11.0. The Hall–Kier alpha value is -1.62. The lowest BCUT2D eigenvalue weighted by Crippen LogP contribution is -2.50. The summed E-state index contributed by atoms with van der Waals surface area (Å²) in [5, 5.41) is 9.03. The van der Waals surface area contributed by atoms with Crippen LogP contribution in [-0.4, -0.2) is 53.2 Å². The number of carboxylic acid groups (broad SMARTS) is 1. The van der Waals surface area contributed by atoms with E-state index in [0.29, 0.717) is 17.3 Å². The number of aryl methyl sites for hydroxylation is 1. The molecule has 19 heavy (non-hydrogen) atoms. The maximum Gasteiger partial charge on any atom is 0.337 e. The summed E-state index contributed by atoms with van der Waals surface area (Å²) in [5.74, 6) is 0.00575. The highest BCUT2D eigenvalue weighted by molar-refractivity contribution is 5.89. The second-order valence-electron chi connectivity index (χ2n) is 5.39. The van der Waals surface area contributed by atoms with Crippen molar-refractivity contribution >= 4 is 11.8 Å². The fourth-order valence-corrected chi connectivity index (χ4v) is 3.15. The van der Waals surface area contributed by atoms with E-state index >= 15 is 0 Å². The molecule has 0 amide bonds. The molecule has 0 radical (unpaired) electrons. The maximum atomic E-state index is 11.0. The fraction of sp³-hybridized carbons (Fsp3) is 0.571. The molecule has 1 aromatic rings. The molecule has 0 aliphatic carbocycles. The summed E-state index contributed by atoms with van der Waals surface area (Å²) < 4.78 is 0. The van der Waals surface area contributed by atoms with Crippen molar-refractivity contribution in [1.82, 2.24) is 9.88 Å². The average molecular weight is 261 g/mol. The van der Waals surface area contributed by atoms with Crippen LogP contribution in [0.4, 0.5) is 5.82 Å². The molecule has 1 N–H and O–H groups in total. The van der Waals surface area contributed by atoms with Gasteiger partial charge in [-0.25, -0.2) is 9.78 Å². The second-order valence-corrected chi connectivity index (χ2v) is 5.39. The van der Waals surface area contributed by atoms with Gasteiger partial charge in [-0.05, 0) is 38.4 Å². The molecular weight excluding hydrogens is 242 g/mol.